The van der Waals surface area contributed by atoms with Gasteiger partial charge in [-0.1, -0.05) is 0 Å². The smallest absolute Gasteiger partial charge is 0.154 e. The lowest BCUT2D eigenvalue weighted by Gasteiger charge is -2.07. The van der Waals surface area contributed by atoms with Gasteiger partial charge < -0.3 is 10.5 Å². The molecule has 0 unspecified atom stereocenters. The summed E-state index contributed by atoms with van der Waals surface area (Å²) in [5.41, 5.74) is 6.53. The van der Waals surface area contributed by atoms with Crippen LogP contribution in [0.3, 0.4) is 0 Å². The molecule has 0 aromatic carbocycles. The van der Waals surface area contributed by atoms with Gasteiger partial charge in [-0.2, -0.15) is 0 Å². The van der Waals surface area contributed by atoms with E-state index in [0.29, 0.717) is 18.3 Å². The maximum absolute atomic E-state index is 5.48. The topological polar surface area (TPSA) is 60.5 Å². The fourth-order valence-corrected chi connectivity index (χ4v) is 1.06. The van der Waals surface area contributed by atoms with Crippen LogP contribution in [-0.2, 0) is 11.3 Å². The van der Waals surface area contributed by atoms with Gasteiger partial charge in [0.2, 0.25) is 0 Å². The highest BCUT2D eigenvalue weighted by Crippen LogP contribution is 2.11. The Kier molecular flexibility index (Phi) is 4.24. The van der Waals surface area contributed by atoms with Gasteiger partial charge in [-0.15, -0.1) is 0 Å². The Balaban J connectivity index is 2.70. The highest BCUT2D eigenvalue weighted by molar-refractivity contribution is 5.79. The normalized spacial score (nSPS) is 12.1. The lowest BCUT2D eigenvalue weighted by atomic mass is 10.3. The molecule has 15 heavy (non-hydrogen) atoms. The average molecular weight is 207 g/mol. The summed E-state index contributed by atoms with van der Waals surface area (Å²) < 4.78 is 5.48. The van der Waals surface area contributed by atoms with Crippen LogP contribution in [0.15, 0.2) is 23.3 Å². The van der Waals surface area contributed by atoms with Gasteiger partial charge in [-0.25, -0.2) is 9.98 Å². The molecule has 82 valence electrons. The maximum Gasteiger partial charge on any atom is 0.154 e. The van der Waals surface area contributed by atoms with Gasteiger partial charge in [0.1, 0.15) is 0 Å². The summed E-state index contributed by atoms with van der Waals surface area (Å²) in [7, 11) is 0. The van der Waals surface area contributed by atoms with Crippen LogP contribution in [0.1, 0.15) is 26.3 Å². The van der Waals surface area contributed by atoms with E-state index in [4.69, 9.17) is 10.5 Å². The van der Waals surface area contributed by atoms with Crippen LogP contribution >= 0.6 is 0 Å². The number of hydrogen-bond acceptors (Lipinski definition) is 3. The van der Waals surface area contributed by atoms with E-state index in [1.165, 1.54) is 0 Å². The van der Waals surface area contributed by atoms with E-state index in [1.807, 2.05) is 26.0 Å². The predicted octanol–water partition coefficient (Wildman–Crippen LogP) is 2.02. The third-order valence-electron chi connectivity index (χ3n) is 1.68. The zero-order valence-electron chi connectivity index (χ0n) is 9.40. The average Bonchev–Trinajstić information content (AvgIpc) is 2.14. The molecule has 4 nitrogen and oxygen atoms in total. The van der Waals surface area contributed by atoms with E-state index in [-0.39, 0.29) is 6.10 Å². The first-order valence-corrected chi connectivity index (χ1v) is 4.95. The molecule has 1 rings (SSSR count). The number of amidine groups is 1. The molecule has 0 fully saturated rings. The monoisotopic (exact) mass is 207 g/mol. The number of aliphatic imine (C=N–C) groups is 1. The van der Waals surface area contributed by atoms with Crippen LogP contribution in [0.25, 0.3) is 0 Å². The van der Waals surface area contributed by atoms with E-state index in [2.05, 4.69) is 9.98 Å². The largest absolute Gasteiger partial charge is 0.387 e. The van der Waals surface area contributed by atoms with Crippen molar-refractivity contribution >= 4 is 11.7 Å². The molecule has 0 atom stereocenters. The summed E-state index contributed by atoms with van der Waals surface area (Å²) >= 11 is 0. The van der Waals surface area contributed by atoms with Crippen LogP contribution < -0.4 is 5.73 Å². The molecule has 1 aromatic heterocycles. The quantitative estimate of drug-likeness (QED) is 0.607. The Morgan fingerprint density at radius 2 is 2.33 bits per heavy atom. The van der Waals surface area contributed by atoms with Gasteiger partial charge in [-0.05, 0) is 38.5 Å². The lowest BCUT2D eigenvalue weighted by molar-refractivity contribution is 0.0657. The number of rotatable bonds is 4. The molecule has 1 aromatic rings. The molecule has 0 aliphatic heterocycles. The maximum atomic E-state index is 5.48. The summed E-state index contributed by atoms with van der Waals surface area (Å²) in [5, 5.41) is 0. The Morgan fingerprint density at radius 1 is 1.60 bits per heavy atom. The SMILES string of the molecule is CC(N)=Nc1cc(COC(C)C)ccn1. The molecule has 0 radical (unpaired) electrons. The van der Waals surface area contributed by atoms with Crippen LogP contribution in [0.2, 0.25) is 0 Å². The predicted molar refractivity (Wildman–Crippen MR) is 61.1 cm³/mol. The van der Waals surface area contributed by atoms with Gasteiger partial charge in [-0.3, -0.25) is 0 Å². The van der Waals surface area contributed by atoms with Gasteiger partial charge in [0, 0.05) is 6.20 Å². The van der Waals surface area contributed by atoms with Crippen LogP contribution in [0, 0.1) is 0 Å². The first kappa shape index (κ1) is 11.7. The van der Waals surface area contributed by atoms with Crippen molar-refractivity contribution < 1.29 is 4.74 Å². The Hall–Kier alpha value is -1.42. The second-order valence-corrected chi connectivity index (χ2v) is 3.64. The fourth-order valence-electron chi connectivity index (χ4n) is 1.06. The molecule has 1 heterocycles. The van der Waals surface area contributed by atoms with Crippen molar-refractivity contribution in [3.8, 4) is 0 Å². The number of ether oxygens (including phenoxy) is 1. The van der Waals surface area contributed by atoms with Crippen LogP contribution in [-0.4, -0.2) is 16.9 Å². The van der Waals surface area contributed by atoms with Gasteiger partial charge >= 0.3 is 0 Å². The summed E-state index contributed by atoms with van der Waals surface area (Å²) in [4.78, 5) is 8.16. The summed E-state index contributed by atoms with van der Waals surface area (Å²) in [5.74, 6) is 1.13. The zero-order valence-corrected chi connectivity index (χ0v) is 9.40. The number of pyridine rings is 1. The van der Waals surface area contributed by atoms with E-state index in [9.17, 15) is 0 Å². The number of nitrogens with zero attached hydrogens (tertiary/aromatic N) is 2. The Morgan fingerprint density at radius 3 is 2.93 bits per heavy atom. The van der Waals surface area contributed by atoms with Crippen molar-refractivity contribution in [2.75, 3.05) is 0 Å². The fraction of sp³-hybridized carbons (Fsp3) is 0.455. The van der Waals surface area contributed by atoms with E-state index in [1.54, 1.807) is 13.1 Å². The summed E-state index contributed by atoms with van der Waals surface area (Å²) in [6.07, 6.45) is 1.93. The molecule has 0 saturated heterocycles. The zero-order chi connectivity index (χ0) is 11.3. The molecule has 0 aliphatic carbocycles. The third-order valence-corrected chi connectivity index (χ3v) is 1.68. The minimum Gasteiger partial charge on any atom is -0.387 e. The molecule has 0 spiro atoms. The van der Waals surface area contributed by atoms with Crippen molar-refractivity contribution in [3.05, 3.63) is 23.9 Å². The molecule has 4 heteroatoms. The second-order valence-electron chi connectivity index (χ2n) is 3.64. The van der Waals surface area contributed by atoms with E-state index < -0.39 is 0 Å². The Labute approximate surface area is 90.2 Å². The van der Waals surface area contributed by atoms with Gasteiger partial charge in [0.25, 0.3) is 0 Å². The van der Waals surface area contributed by atoms with Crippen molar-refractivity contribution in [3.63, 3.8) is 0 Å². The minimum absolute atomic E-state index is 0.223. The molecular weight excluding hydrogens is 190 g/mol. The minimum atomic E-state index is 0.223. The molecule has 0 amide bonds. The van der Waals surface area contributed by atoms with E-state index in [0.717, 1.165) is 5.56 Å². The highest BCUT2D eigenvalue weighted by Gasteiger charge is 1.98. The first-order valence-electron chi connectivity index (χ1n) is 4.95. The Bertz CT molecular complexity index is 343. The molecule has 0 bridgehead atoms. The van der Waals surface area contributed by atoms with Crippen molar-refractivity contribution in [2.45, 2.75) is 33.5 Å². The highest BCUT2D eigenvalue weighted by atomic mass is 16.5. The second kappa shape index (κ2) is 5.46. The first-order chi connectivity index (χ1) is 7.08. The van der Waals surface area contributed by atoms with Gasteiger partial charge in [0.05, 0.1) is 18.5 Å². The summed E-state index contributed by atoms with van der Waals surface area (Å²) in [6, 6.07) is 3.78. The standard InChI is InChI=1S/C11H17N3O/c1-8(2)15-7-10-4-5-13-11(6-10)14-9(3)12/h4-6,8H,7H2,1-3H3,(H2,12,13,14). The van der Waals surface area contributed by atoms with Crippen LogP contribution in [0.5, 0.6) is 0 Å². The molecular formula is C11H17N3O. The van der Waals surface area contributed by atoms with Gasteiger partial charge in [0.15, 0.2) is 5.82 Å². The number of hydrogen-bond donors (Lipinski definition) is 1. The number of nitrogens with two attached hydrogens (primary N) is 1. The lowest BCUT2D eigenvalue weighted by Crippen LogP contribution is -2.04. The molecule has 2 N–H and O–H groups in total. The molecule has 0 saturated carbocycles. The van der Waals surface area contributed by atoms with Crippen molar-refractivity contribution in [1.29, 1.82) is 0 Å². The van der Waals surface area contributed by atoms with Crippen molar-refractivity contribution in [2.24, 2.45) is 10.7 Å². The summed E-state index contributed by atoms with van der Waals surface area (Å²) in [6.45, 7) is 6.32. The van der Waals surface area contributed by atoms with E-state index >= 15 is 0 Å². The third kappa shape index (κ3) is 4.56. The van der Waals surface area contributed by atoms with Crippen molar-refractivity contribution in [1.82, 2.24) is 4.98 Å². The van der Waals surface area contributed by atoms with Crippen LogP contribution in [0.4, 0.5) is 5.82 Å². The number of aromatic nitrogens is 1. The molecule has 0 aliphatic rings.